The Morgan fingerprint density at radius 3 is 2.81 bits per heavy atom. The lowest BCUT2D eigenvalue weighted by atomic mass is 10.1. The van der Waals surface area contributed by atoms with Gasteiger partial charge in [0.1, 0.15) is 0 Å². The number of thiophene rings is 1. The van der Waals surface area contributed by atoms with Crippen LogP contribution in [0.4, 0.5) is 0 Å². The summed E-state index contributed by atoms with van der Waals surface area (Å²) >= 11 is 1.56. The highest BCUT2D eigenvalue weighted by molar-refractivity contribution is 7.10. The van der Waals surface area contributed by atoms with Crippen molar-refractivity contribution in [2.45, 2.75) is 19.4 Å². The average Bonchev–Trinajstić information content (AvgIpc) is 3.08. The summed E-state index contributed by atoms with van der Waals surface area (Å²) in [6.07, 6.45) is 0.710. The molecular formula is C15H14N2O3S. The van der Waals surface area contributed by atoms with Gasteiger partial charge in [0.2, 0.25) is 0 Å². The summed E-state index contributed by atoms with van der Waals surface area (Å²) < 4.78 is 1.56. The fraction of sp³-hybridized carbons (Fsp3) is 0.200. The lowest BCUT2D eigenvalue weighted by Gasteiger charge is -2.16. The molecule has 2 aromatic heterocycles. The first-order valence-corrected chi connectivity index (χ1v) is 7.51. The van der Waals surface area contributed by atoms with Crippen LogP contribution in [0.2, 0.25) is 0 Å². The number of carboxylic acids is 1. The smallest absolute Gasteiger partial charge is 0.337 e. The molecule has 1 aromatic carbocycles. The lowest BCUT2D eigenvalue weighted by Crippen LogP contribution is -2.23. The molecule has 0 aliphatic carbocycles. The molecule has 1 unspecified atom stereocenters. The first-order valence-electron chi connectivity index (χ1n) is 6.63. The zero-order valence-corrected chi connectivity index (χ0v) is 12.2. The zero-order chi connectivity index (χ0) is 15.0. The molecule has 3 aromatic rings. The topological polar surface area (TPSA) is 75.1 Å². The molecule has 0 saturated carbocycles. The first-order chi connectivity index (χ1) is 10.1. The number of nitrogens with zero attached hydrogens (tertiary/aromatic N) is 1. The first kappa shape index (κ1) is 13.6. The van der Waals surface area contributed by atoms with E-state index in [0.717, 1.165) is 4.88 Å². The highest BCUT2D eigenvalue weighted by Gasteiger charge is 2.22. The number of para-hydroxylation sites is 1. The van der Waals surface area contributed by atoms with Crippen molar-refractivity contribution in [1.29, 1.82) is 0 Å². The summed E-state index contributed by atoms with van der Waals surface area (Å²) in [5, 5.41) is 11.3. The number of hydrogen-bond donors (Lipinski definition) is 2. The maximum atomic E-state index is 12.3. The van der Waals surface area contributed by atoms with E-state index in [4.69, 9.17) is 0 Å². The van der Waals surface area contributed by atoms with Crippen molar-refractivity contribution in [3.63, 3.8) is 0 Å². The largest absolute Gasteiger partial charge is 0.478 e. The van der Waals surface area contributed by atoms with Gasteiger partial charge >= 0.3 is 11.7 Å². The van der Waals surface area contributed by atoms with Crippen molar-refractivity contribution in [3.8, 4) is 0 Å². The molecule has 5 nitrogen and oxygen atoms in total. The number of carboxylic acid groups (broad SMARTS) is 1. The van der Waals surface area contributed by atoms with Crippen LogP contribution in [0.3, 0.4) is 0 Å². The van der Waals surface area contributed by atoms with Gasteiger partial charge in [-0.1, -0.05) is 19.1 Å². The quantitative estimate of drug-likeness (QED) is 0.777. The van der Waals surface area contributed by atoms with E-state index in [9.17, 15) is 14.7 Å². The number of benzene rings is 1. The van der Waals surface area contributed by atoms with Crippen LogP contribution in [0.15, 0.2) is 40.5 Å². The molecule has 0 radical (unpaired) electrons. The van der Waals surface area contributed by atoms with E-state index in [-0.39, 0.29) is 17.3 Å². The van der Waals surface area contributed by atoms with Crippen LogP contribution in [0, 0.1) is 0 Å². The fourth-order valence-electron chi connectivity index (χ4n) is 2.64. The summed E-state index contributed by atoms with van der Waals surface area (Å²) in [5.41, 5.74) is 0.866. The number of nitrogens with one attached hydrogen (secondary N) is 1. The monoisotopic (exact) mass is 302 g/mol. The van der Waals surface area contributed by atoms with E-state index < -0.39 is 5.97 Å². The second-order valence-corrected chi connectivity index (χ2v) is 5.73. The van der Waals surface area contributed by atoms with Crippen LogP contribution in [0.1, 0.15) is 34.6 Å². The van der Waals surface area contributed by atoms with E-state index >= 15 is 0 Å². The number of carbonyl (C=O) groups is 1. The Kier molecular flexibility index (Phi) is 3.39. The van der Waals surface area contributed by atoms with E-state index in [2.05, 4.69) is 4.98 Å². The third-order valence-corrected chi connectivity index (χ3v) is 4.51. The molecule has 6 heteroatoms. The van der Waals surface area contributed by atoms with Crippen molar-refractivity contribution >= 4 is 28.3 Å². The maximum Gasteiger partial charge on any atom is 0.337 e. The van der Waals surface area contributed by atoms with Gasteiger partial charge in [0.15, 0.2) is 0 Å². The highest BCUT2D eigenvalue weighted by Crippen LogP contribution is 2.29. The SMILES string of the molecule is CCC(c1cccs1)n1c(=O)[nH]c2cccc(C(=O)O)c21. The number of aromatic nitrogens is 2. The highest BCUT2D eigenvalue weighted by atomic mass is 32.1. The minimum atomic E-state index is -1.03. The molecule has 108 valence electrons. The van der Waals surface area contributed by atoms with E-state index in [0.29, 0.717) is 17.5 Å². The summed E-state index contributed by atoms with van der Waals surface area (Å²) in [6, 6.07) is 8.62. The second-order valence-electron chi connectivity index (χ2n) is 4.75. The van der Waals surface area contributed by atoms with E-state index in [1.807, 2.05) is 24.4 Å². The van der Waals surface area contributed by atoms with Gasteiger partial charge in [-0.05, 0) is 30.0 Å². The summed E-state index contributed by atoms with van der Waals surface area (Å²) in [4.78, 5) is 27.6. The third-order valence-electron chi connectivity index (χ3n) is 3.54. The van der Waals surface area contributed by atoms with Crippen LogP contribution >= 0.6 is 11.3 Å². The maximum absolute atomic E-state index is 12.3. The average molecular weight is 302 g/mol. The number of imidazole rings is 1. The molecule has 0 bridgehead atoms. The van der Waals surface area contributed by atoms with Gasteiger partial charge in [-0.15, -0.1) is 11.3 Å². The Morgan fingerprint density at radius 1 is 1.38 bits per heavy atom. The number of hydrogen-bond acceptors (Lipinski definition) is 3. The molecule has 1 atom stereocenters. The second kappa shape index (κ2) is 5.21. The number of H-pyrrole nitrogens is 1. The van der Waals surface area contributed by atoms with Crippen LogP contribution < -0.4 is 5.69 Å². The standard InChI is InChI=1S/C15H14N2O3S/c1-2-11(12-7-4-8-21-12)17-13-9(14(18)19)5-3-6-10(13)16-15(17)20/h3-8,11H,2H2,1H3,(H,16,20)(H,18,19). The molecule has 0 saturated heterocycles. The number of fused-ring (bicyclic) bond motifs is 1. The lowest BCUT2D eigenvalue weighted by molar-refractivity contribution is 0.0698. The predicted molar refractivity (Wildman–Crippen MR) is 82.3 cm³/mol. The van der Waals surface area contributed by atoms with Crippen molar-refractivity contribution in [2.24, 2.45) is 0 Å². The molecule has 21 heavy (non-hydrogen) atoms. The van der Waals surface area contributed by atoms with E-state index in [1.165, 1.54) is 6.07 Å². The number of aromatic amines is 1. The van der Waals surface area contributed by atoms with Crippen LogP contribution in [0.5, 0.6) is 0 Å². The minimum Gasteiger partial charge on any atom is -0.478 e. The van der Waals surface area contributed by atoms with Gasteiger partial charge in [0.25, 0.3) is 0 Å². The van der Waals surface area contributed by atoms with Gasteiger partial charge in [-0.2, -0.15) is 0 Å². The van der Waals surface area contributed by atoms with E-state index in [1.54, 1.807) is 28.0 Å². The third kappa shape index (κ3) is 2.17. The normalized spacial score (nSPS) is 12.6. The molecule has 3 rings (SSSR count). The Hall–Kier alpha value is -2.34. The van der Waals surface area contributed by atoms with Gasteiger partial charge in [-0.3, -0.25) is 4.57 Å². The van der Waals surface area contributed by atoms with Gasteiger partial charge < -0.3 is 10.1 Å². The Morgan fingerprint density at radius 2 is 2.19 bits per heavy atom. The molecule has 0 amide bonds. The Labute approximate surface area is 124 Å². The van der Waals surface area contributed by atoms with Gasteiger partial charge in [0.05, 0.1) is 22.6 Å². The molecule has 0 aliphatic rings. The molecule has 2 N–H and O–H groups in total. The molecule has 0 fully saturated rings. The van der Waals surface area contributed by atoms with Crippen molar-refractivity contribution < 1.29 is 9.90 Å². The Balaban J connectivity index is 2.34. The summed E-state index contributed by atoms with van der Waals surface area (Å²) in [7, 11) is 0. The van der Waals surface area contributed by atoms with Gasteiger partial charge in [0, 0.05) is 4.88 Å². The minimum absolute atomic E-state index is 0.140. The van der Waals surface area contributed by atoms with Crippen molar-refractivity contribution in [2.75, 3.05) is 0 Å². The van der Waals surface area contributed by atoms with Crippen LogP contribution in [0.25, 0.3) is 11.0 Å². The van der Waals surface area contributed by atoms with Crippen molar-refractivity contribution in [1.82, 2.24) is 9.55 Å². The van der Waals surface area contributed by atoms with Crippen molar-refractivity contribution in [3.05, 3.63) is 56.6 Å². The zero-order valence-electron chi connectivity index (χ0n) is 11.4. The molecule has 0 spiro atoms. The Bertz CT molecular complexity index is 846. The number of aromatic carboxylic acids is 1. The fourth-order valence-corrected chi connectivity index (χ4v) is 3.54. The summed E-state index contributed by atoms with van der Waals surface area (Å²) in [6.45, 7) is 1.99. The van der Waals surface area contributed by atoms with Crippen LogP contribution in [-0.2, 0) is 0 Å². The predicted octanol–water partition coefficient (Wildman–Crippen LogP) is 3.09. The molecular weight excluding hydrogens is 288 g/mol. The summed E-state index contributed by atoms with van der Waals surface area (Å²) in [5.74, 6) is -1.03. The molecule has 0 aliphatic heterocycles. The van der Waals surface area contributed by atoms with Crippen LogP contribution in [-0.4, -0.2) is 20.6 Å². The van der Waals surface area contributed by atoms with Gasteiger partial charge in [-0.25, -0.2) is 9.59 Å². The number of rotatable bonds is 4. The molecule has 2 heterocycles.